The van der Waals surface area contributed by atoms with Gasteiger partial charge in [0.1, 0.15) is 36.6 Å². The Labute approximate surface area is 319 Å². The van der Waals surface area contributed by atoms with E-state index >= 15 is 0 Å². The Balaban J connectivity index is 2.57. The summed E-state index contributed by atoms with van der Waals surface area (Å²) in [4.78, 5) is 13.0. The Morgan fingerprint density at radius 2 is 1.21 bits per heavy atom. The molecule has 0 aromatic carbocycles. The second kappa shape index (κ2) is 32.3. The highest BCUT2D eigenvalue weighted by molar-refractivity contribution is 5.80. The highest BCUT2D eigenvalue weighted by Crippen LogP contribution is 2.23. The molecule has 8 N–H and O–H groups in total. The number of allylic oxidation sites excluding steroid dienone is 8. The first kappa shape index (κ1) is 49.1. The van der Waals surface area contributed by atoms with Gasteiger partial charge in [-0.2, -0.15) is 0 Å². The van der Waals surface area contributed by atoms with Crippen molar-refractivity contribution in [2.45, 2.75) is 197 Å². The van der Waals surface area contributed by atoms with Crippen LogP contribution in [0.5, 0.6) is 0 Å². The summed E-state index contributed by atoms with van der Waals surface area (Å²) in [5, 5.41) is 75.3. The molecule has 1 saturated heterocycles. The van der Waals surface area contributed by atoms with E-state index in [1.54, 1.807) is 0 Å². The van der Waals surface area contributed by atoms with Crippen LogP contribution in [0.15, 0.2) is 48.6 Å². The van der Waals surface area contributed by atoms with Crippen molar-refractivity contribution >= 4 is 5.91 Å². The molecule has 0 radical (unpaired) electrons. The molecule has 1 aliphatic heterocycles. The van der Waals surface area contributed by atoms with Gasteiger partial charge in [0.2, 0.25) is 5.91 Å². The molecule has 11 nitrogen and oxygen atoms in total. The molecule has 9 atom stereocenters. The van der Waals surface area contributed by atoms with Crippen molar-refractivity contribution in [3.63, 3.8) is 0 Å². The van der Waals surface area contributed by atoms with Crippen LogP contribution in [0.25, 0.3) is 0 Å². The van der Waals surface area contributed by atoms with E-state index in [2.05, 4.69) is 48.7 Å². The van der Waals surface area contributed by atoms with Crippen LogP contribution in [-0.4, -0.2) is 110 Å². The number of carbonyl (C=O) groups is 1. The fourth-order valence-corrected chi connectivity index (χ4v) is 6.18. The minimum atomic E-state index is -1.67. The van der Waals surface area contributed by atoms with E-state index in [0.717, 1.165) is 70.6 Å². The minimum Gasteiger partial charge on any atom is -0.394 e. The summed E-state index contributed by atoms with van der Waals surface area (Å²) in [6, 6.07) is -1.19. The zero-order chi connectivity index (χ0) is 39.1. The van der Waals surface area contributed by atoms with Gasteiger partial charge < -0.3 is 50.5 Å². The molecular formula is C42H75NO10. The third-order valence-electron chi connectivity index (χ3n) is 9.65. The van der Waals surface area contributed by atoms with Crippen LogP contribution in [-0.2, 0) is 14.3 Å². The van der Waals surface area contributed by atoms with Gasteiger partial charge in [-0.15, -0.1) is 0 Å². The Kier molecular flexibility index (Phi) is 29.9. The van der Waals surface area contributed by atoms with Gasteiger partial charge in [0.05, 0.1) is 25.4 Å². The van der Waals surface area contributed by atoms with Crippen molar-refractivity contribution in [1.29, 1.82) is 0 Å². The first-order valence-corrected chi connectivity index (χ1v) is 20.5. The number of nitrogens with one attached hydrogen (secondary N) is 1. The summed E-state index contributed by atoms with van der Waals surface area (Å²) in [6.07, 6.45) is 24.7. The quantitative estimate of drug-likeness (QED) is 0.0325. The van der Waals surface area contributed by atoms with Gasteiger partial charge in [-0.1, -0.05) is 107 Å². The largest absolute Gasteiger partial charge is 0.394 e. The smallest absolute Gasteiger partial charge is 0.249 e. The second-order valence-corrected chi connectivity index (χ2v) is 14.3. The van der Waals surface area contributed by atoms with Crippen LogP contribution in [0.3, 0.4) is 0 Å². The first-order valence-electron chi connectivity index (χ1n) is 20.5. The molecule has 308 valence electrons. The summed E-state index contributed by atoms with van der Waals surface area (Å²) < 4.78 is 11.0. The Morgan fingerprint density at radius 3 is 1.79 bits per heavy atom. The predicted octanol–water partition coefficient (Wildman–Crippen LogP) is 5.44. The van der Waals surface area contributed by atoms with E-state index in [9.17, 15) is 40.5 Å². The Hall–Kier alpha value is -1.93. The lowest BCUT2D eigenvalue weighted by Gasteiger charge is -2.40. The number of rotatable bonds is 32. The molecule has 1 aliphatic rings. The van der Waals surface area contributed by atoms with Gasteiger partial charge in [-0.25, -0.2) is 0 Å². The molecule has 0 aliphatic carbocycles. The third kappa shape index (κ3) is 22.9. The van der Waals surface area contributed by atoms with E-state index in [0.29, 0.717) is 19.3 Å². The van der Waals surface area contributed by atoms with Crippen LogP contribution in [0.2, 0.25) is 0 Å². The van der Waals surface area contributed by atoms with E-state index in [1.165, 1.54) is 25.7 Å². The number of hydrogen-bond acceptors (Lipinski definition) is 10. The number of ether oxygens (including phenoxy) is 2. The predicted molar refractivity (Wildman–Crippen MR) is 210 cm³/mol. The molecule has 0 spiro atoms. The van der Waals surface area contributed by atoms with E-state index < -0.39 is 74.2 Å². The lowest BCUT2D eigenvalue weighted by molar-refractivity contribution is -0.303. The average molecular weight is 754 g/mol. The second-order valence-electron chi connectivity index (χ2n) is 14.3. The van der Waals surface area contributed by atoms with Crippen molar-refractivity contribution < 1.29 is 50.0 Å². The van der Waals surface area contributed by atoms with Crippen LogP contribution in [0.4, 0.5) is 0 Å². The van der Waals surface area contributed by atoms with E-state index in [1.807, 2.05) is 19.1 Å². The zero-order valence-electron chi connectivity index (χ0n) is 32.7. The maximum Gasteiger partial charge on any atom is 0.249 e. The summed E-state index contributed by atoms with van der Waals surface area (Å²) in [7, 11) is 0. The Bertz CT molecular complexity index is 1000. The molecule has 9 unspecified atom stereocenters. The highest BCUT2D eigenvalue weighted by Gasteiger charge is 2.44. The summed E-state index contributed by atoms with van der Waals surface area (Å²) in [5.74, 6) is -0.723. The van der Waals surface area contributed by atoms with Crippen LogP contribution < -0.4 is 5.32 Å². The van der Waals surface area contributed by atoms with Gasteiger partial charge in [-0.3, -0.25) is 4.79 Å². The number of hydrogen-bond donors (Lipinski definition) is 8. The van der Waals surface area contributed by atoms with Crippen molar-refractivity contribution in [2.24, 2.45) is 0 Å². The summed E-state index contributed by atoms with van der Waals surface area (Å²) in [5.41, 5.74) is 0. The molecule has 0 aromatic rings. The molecule has 0 aromatic heterocycles. The molecule has 11 heteroatoms. The molecule has 1 fully saturated rings. The molecule has 1 heterocycles. The monoisotopic (exact) mass is 754 g/mol. The molecule has 0 saturated carbocycles. The van der Waals surface area contributed by atoms with E-state index in [4.69, 9.17) is 9.47 Å². The van der Waals surface area contributed by atoms with E-state index in [-0.39, 0.29) is 12.8 Å². The molecule has 0 bridgehead atoms. The number of amides is 1. The van der Waals surface area contributed by atoms with Crippen LogP contribution in [0, 0.1) is 0 Å². The topological polar surface area (TPSA) is 189 Å². The standard InChI is InChI=1S/C42H75NO10/c1-3-5-7-9-11-13-15-17-18-20-22-24-26-28-30-35(46)41(51)43-33(32-52-42-40(50)39(49)38(48)36(31-44)53-42)37(47)34(45)29-27-25-23-21-19-16-14-12-10-8-6-4-2/h4,6,12-15,21,23,33-40,42,44-50H,3,5,7-11,16-20,22,24-32H2,1-2H3,(H,43,51)/b6-4+,14-12+,15-13-,23-21+. The summed E-state index contributed by atoms with van der Waals surface area (Å²) in [6.45, 7) is 3.14. The normalized spacial score (nSPS) is 23.4. The SMILES string of the molecule is C/C=C/CC/C=C/CC/C=C/CCCC(O)C(O)C(COC1OC(CO)C(O)C(O)C1O)NC(=O)C(O)CCCCCCCC/C=C\CCCCCC. The number of aliphatic hydroxyl groups is 7. The van der Waals surface area contributed by atoms with Crippen molar-refractivity contribution in [3.8, 4) is 0 Å². The molecule has 53 heavy (non-hydrogen) atoms. The number of aliphatic hydroxyl groups excluding tert-OH is 7. The molecular weight excluding hydrogens is 678 g/mol. The highest BCUT2D eigenvalue weighted by atomic mass is 16.7. The third-order valence-corrected chi connectivity index (χ3v) is 9.65. The van der Waals surface area contributed by atoms with Crippen molar-refractivity contribution in [2.75, 3.05) is 13.2 Å². The maximum atomic E-state index is 13.0. The first-order chi connectivity index (χ1) is 25.7. The van der Waals surface area contributed by atoms with Crippen molar-refractivity contribution in [3.05, 3.63) is 48.6 Å². The molecule has 1 rings (SSSR count). The maximum absolute atomic E-state index is 13.0. The lowest BCUT2D eigenvalue weighted by atomic mass is 9.98. The zero-order valence-corrected chi connectivity index (χ0v) is 32.7. The van der Waals surface area contributed by atoms with Crippen LogP contribution >= 0.6 is 0 Å². The molecule has 1 amide bonds. The van der Waals surface area contributed by atoms with Gasteiger partial charge in [0.15, 0.2) is 6.29 Å². The number of carbonyl (C=O) groups excluding carboxylic acids is 1. The fraction of sp³-hybridized carbons (Fsp3) is 0.786. The minimum absolute atomic E-state index is 0.237. The van der Waals surface area contributed by atoms with Crippen molar-refractivity contribution in [1.82, 2.24) is 5.32 Å². The van der Waals surface area contributed by atoms with Gasteiger partial charge in [-0.05, 0) is 84.0 Å². The Morgan fingerprint density at radius 1 is 0.679 bits per heavy atom. The number of unbranched alkanes of at least 4 members (excludes halogenated alkanes) is 13. The lowest BCUT2D eigenvalue weighted by Crippen LogP contribution is -2.60. The van der Waals surface area contributed by atoms with Gasteiger partial charge >= 0.3 is 0 Å². The van der Waals surface area contributed by atoms with Gasteiger partial charge in [0.25, 0.3) is 0 Å². The summed E-state index contributed by atoms with van der Waals surface area (Å²) >= 11 is 0. The fourth-order valence-electron chi connectivity index (χ4n) is 6.18. The average Bonchev–Trinajstić information content (AvgIpc) is 3.16. The van der Waals surface area contributed by atoms with Gasteiger partial charge in [0, 0.05) is 0 Å². The van der Waals surface area contributed by atoms with Crippen LogP contribution in [0.1, 0.15) is 142 Å².